The minimum Gasteiger partial charge on any atom is -0.360 e. The van der Waals surface area contributed by atoms with Crippen LogP contribution in [0.1, 0.15) is 36.0 Å². The van der Waals surface area contributed by atoms with Gasteiger partial charge in [-0.05, 0) is 12.1 Å². The molecule has 1 heterocycles. The normalized spacial score (nSPS) is 10.7. The Morgan fingerprint density at radius 3 is 2.72 bits per heavy atom. The first-order valence-corrected chi connectivity index (χ1v) is 5.60. The smallest absolute Gasteiger partial charge is 0.277 e. The van der Waals surface area contributed by atoms with Crippen LogP contribution < -0.4 is 5.32 Å². The van der Waals surface area contributed by atoms with Gasteiger partial charge in [-0.1, -0.05) is 31.1 Å². The third-order valence-corrected chi connectivity index (χ3v) is 2.45. The molecule has 0 saturated heterocycles. The summed E-state index contributed by atoms with van der Waals surface area (Å²) in [6, 6.07) is 7.51. The summed E-state index contributed by atoms with van der Waals surface area (Å²) < 4.78 is 18.4. The molecule has 0 atom stereocenters. The zero-order valence-corrected chi connectivity index (χ0v) is 10.1. The number of carbonyl (C=O) groups excluding carboxylic acids is 1. The van der Waals surface area contributed by atoms with Crippen LogP contribution in [0.15, 0.2) is 34.9 Å². The van der Waals surface area contributed by atoms with E-state index in [-0.39, 0.29) is 17.3 Å². The lowest BCUT2D eigenvalue weighted by atomic mass is 10.1. The number of carbonyl (C=O) groups is 1. The van der Waals surface area contributed by atoms with E-state index < -0.39 is 11.7 Å². The number of nitrogens with zero attached hydrogens (tertiary/aromatic N) is 1. The van der Waals surface area contributed by atoms with Gasteiger partial charge in [0.05, 0.1) is 5.69 Å². The number of para-hydroxylation sites is 1. The molecule has 0 saturated carbocycles. The molecule has 1 aromatic heterocycles. The average Bonchev–Trinajstić information content (AvgIpc) is 2.81. The third-order valence-electron chi connectivity index (χ3n) is 2.45. The van der Waals surface area contributed by atoms with Crippen LogP contribution in [0, 0.1) is 5.82 Å². The number of hydrogen-bond donors (Lipinski definition) is 1. The van der Waals surface area contributed by atoms with E-state index in [2.05, 4.69) is 10.5 Å². The van der Waals surface area contributed by atoms with E-state index in [1.165, 1.54) is 12.1 Å². The van der Waals surface area contributed by atoms with Crippen molar-refractivity contribution in [1.82, 2.24) is 5.16 Å². The molecule has 0 radical (unpaired) electrons. The summed E-state index contributed by atoms with van der Waals surface area (Å²) in [7, 11) is 0. The Morgan fingerprint density at radius 2 is 2.11 bits per heavy atom. The molecule has 0 aliphatic carbocycles. The molecule has 0 fully saturated rings. The molecule has 0 unspecified atom stereocenters. The van der Waals surface area contributed by atoms with Gasteiger partial charge in [-0.3, -0.25) is 4.79 Å². The first-order chi connectivity index (χ1) is 8.58. The average molecular weight is 248 g/mol. The topological polar surface area (TPSA) is 55.1 Å². The molecule has 0 aliphatic rings. The molecule has 18 heavy (non-hydrogen) atoms. The summed E-state index contributed by atoms with van der Waals surface area (Å²) in [4.78, 5) is 11.8. The predicted molar refractivity (Wildman–Crippen MR) is 64.9 cm³/mol. The summed E-state index contributed by atoms with van der Waals surface area (Å²) in [6.07, 6.45) is 0. The fraction of sp³-hybridized carbons (Fsp3) is 0.231. The largest absolute Gasteiger partial charge is 0.360 e. The lowest BCUT2D eigenvalue weighted by Crippen LogP contribution is -2.13. The van der Waals surface area contributed by atoms with Crippen LogP contribution in [-0.2, 0) is 0 Å². The minimum absolute atomic E-state index is 0.122. The summed E-state index contributed by atoms with van der Waals surface area (Å²) in [5.41, 5.74) is 0.263. The van der Waals surface area contributed by atoms with E-state index in [4.69, 9.17) is 4.52 Å². The number of rotatable bonds is 3. The Bertz CT molecular complexity index is 564. The van der Waals surface area contributed by atoms with E-state index >= 15 is 0 Å². The number of nitrogens with one attached hydrogen (secondary N) is 1. The Balaban J connectivity index is 2.15. The van der Waals surface area contributed by atoms with Crippen molar-refractivity contribution in [3.8, 4) is 0 Å². The van der Waals surface area contributed by atoms with Gasteiger partial charge >= 0.3 is 0 Å². The van der Waals surface area contributed by atoms with Gasteiger partial charge in [0.2, 0.25) is 0 Å². The highest BCUT2D eigenvalue weighted by atomic mass is 19.1. The van der Waals surface area contributed by atoms with E-state index in [0.717, 1.165) is 0 Å². The van der Waals surface area contributed by atoms with Crippen molar-refractivity contribution >= 4 is 11.6 Å². The molecule has 1 amide bonds. The SMILES string of the molecule is CC(C)c1cc(C(=O)Nc2ccccc2F)no1. The van der Waals surface area contributed by atoms with Gasteiger partial charge in [-0.15, -0.1) is 0 Å². The van der Waals surface area contributed by atoms with Gasteiger partial charge < -0.3 is 9.84 Å². The number of amides is 1. The highest BCUT2D eigenvalue weighted by Gasteiger charge is 2.15. The van der Waals surface area contributed by atoms with Gasteiger partial charge in [0.25, 0.3) is 5.91 Å². The molecule has 1 aromatic carbocycles. The van der Waals surface area contributed by atoms with Crippen molar-refractivity contribution in [3.05, 3.63) is 47.6 Å². The van der Waals surface area contributed by atoms with Crippen molar-refractivity contribution in [2.45, 2.75) is 19.8 Å². The van der Waals surface area contributed by atoms with Crippen LogP contribution in [0.3, 0.4) is 0 Å². The van der Waals surface area contributed by atoms with Crippen molar-refractivity contribution in [1.29, 1.82) is 0 Å². The summed E-state index contributed by atoms with van der Waals surface area (Å²) in [6.45, 7) is 3.86. The number of benzene rings is 1. The Kier molecular flexibility index (Phi) is 3.41. The maximum absolute atomic E-state index is 13.3. The number of halogens is 1. The molecule has 94 valence electrons. The van der Waals surface area contributed by atoms with Crippen molar-refractivity contribution in [2.75, 3.05) is 5.32 Å². The highest BCUT2D eigenvalue weighted by Crippen LogP contribution is 2.17. The quantitative estimate of drug-likeness (QED) is 0.907. The molecule has 0 bridgehead atoms. The number of anilines is 1. The molecular formula is C13H13FN2O2. The Labute approximate surface area is 104 Å². The van der Waals surface area contributed by atoms with Crippen molar-refractivity contribution in [2.24, 2.45) is 0 Å². The van der Waals surface area contributed by atoms with Gasteiger partial charge in [-0.25, -0.2) is 4.39 Å². The molecule has 1 N–H and O–H groups in total. The van der Waals surface area contributed by atoms with Crippen molar-refractivity contribution in [3.63, 3.8) is 0 Å². The second kappa shape index (κ2) is 5.00. The summed E-state index contributed by atoms with van der Waals surface area (Å²) in [5.74, 6) is -0.213. The standard InChI is InChI=1S/C13H13FN2O2/c1-8(2)12-7-11(16-18-12)13(17)15-10-6-4-3-5-9(10)14/h3-8H,1-2H3,(H,15,17). The van der Waals surface area contributed by atoms with Crippen LogP contribution in [0.2, 0.25) is 0 Å². The van der Waals surface area contributed by atoms with Crippen LogP contribution in [-0.4, -0.2) is 11.1 Å². The van der Waals surface area contributed by atoms with E-state index in [0.29, 0.717) is 5.76 Å². The van der Waals surface area contributed by atoms with Gasteiger partial charge in [0.1, 0.15) is 11.6 Å². The molecule has 4 nitrogen and oxygen atoms in total. The van der Waals surface area contributed by atoms with E-state index in [1.807, 2.05) is 13.8 Å². The van der Waals surface area contributed by atoms with Crippen LogP contribution in [0.25, 0.3) is 0 Å². The van der Waals surface area contributed by atoms with E-state index in [1.54, 1.807) is 18.2 Å². The van der Waals surface area contributed by atoms with Crippen LogP contribution in [0.5, 0.6) is 0 Å². The molecular weight excluding hydrogens is 235 g/mol. The van der Waals surface area contributed by atoms with Crippen LogP contribution >= 0.6 is 0 Å². The highest BCUT2D eigenvalue weighted by molar-refractivity contribution is 6.02. The number of hydrogen-bond acceptors (Lipinski definition) is 3. The fourth-order valence-corrected chi connectivity index (χ4v) is 1.42. The molecule has 0 spiro atoms. The second-order valence-electron chi connectivity index (χ2n) is 4.20. The second-order valence-corrected chi connectivity index (χ2v) is 4.20. The number of aromatic nitrogens is 1. The molecule has 5 heteroatoms. The molecule has 2 aromatic rings. The molecule has 2 rings (SSSR count). The van der Waals surface area contributed by atoms with Crippen molar-refractivity contribution < 1.29 is 13.7 Å². The Morgan fingerprint density at radius 1 is 1.39 bits per heavy atom. The first-order valence-electron chi connectivity index (χ1n) is 5.60. The third kappa shape index (κ3) is 2.56. The van der Waals surface area contributed by atoms with E-state index in [9.17, 15) is 9.18 Å². The maximum atomic E-state index is 13.3. The summed E-state index contributed by atoms with van der Waals surface area (Å²) in [5, 5.41) is 6.10. The fourth-order valence-electron chi connectivity index (χ4n) is 1.42. The zero-order valence-electron chi connectivity index (χ0n) is 10.1. The summed E-state index contributed by atoms with van der Waals surface area (Å²) >= 11 is 0. The van der Waals surface area contributed by atoms with Crippen LogP contribution in [0.4, 0.5) is 10.1 Å². The Hall–Kier alpha value is -2.17. The van der Waals surface area contributed by atoms with Gasteiger partial charge in [0, 0.05) is 12.0 Å². The lowest BCUT2D eigenvalue weighted by Gasteiger charge is -2.03. The monoisotopic (exact) mass is 248 g/mol. The lowest BCUT2D eigenvalue weighted by molar-refractivity contribution is 0.101. The predicted octanol–water partition coefficient (Wildman–Crippen LogP) is 3.19. The van der Waals surface area contributed by atoms with Gasteiger partial charge in [0.15, 0.2) is 5.69 Å². The minimum atomic E-state index is -0.490. The first kappa shape index (κ1) is 12.3. The zero-order chi connectivity index (χ0) is 13.1. The van der Waals surface area contributed by atoms with Gasteiger partial charge in [-0.2, -0.15) is 0 Å². The maximum Gasteiger partial charge on any atom is 0.277 e. The molecule has 0 aliphatic heterocycles.